The van der Waals surface area contributed by atoms with Crippen molar-refractivity contribution in [2.75, 3.05) is 6.61 Å². The first kappa shape index (κ1) is 20.4. The molecule has 142 valence electrons. The van der Waals surface area contributed by atoms with Gasteiger partial charge in [-0.2, -0.15) is 0 Å². The Bertz CT molecular complexity index is 806. The third-order valence-electron chi connectivity index (χ3n) is 3.79. The third-order valence-corrected chi connectivity index (χ3v) is 3.99. The lowest BCUT2D eigenvalue weighted by Gasteiger charge is -2.12. The van der Waals surface area contributed by atoms with Crippen LogP contribution in [0.3, 0.4) is 0 Å². The molecule has 0 atom stereocenters. The number of carbonyl (C=O) groups is 2. The number of carbonyl (C=O) groups excluding carboxylic acids is 2. The Morgan fingerprint density at radius 2 is 1.70 bits per heavy atom. The van der Waals surface area contributed by atoms with Gasteiger partial charge in [0.05, 0.1) is 6.61 Å². The summed E-state index contributed by atoms with van der Waals surface area (Å²) in [6, 6.07) is 14.0. The fourth-order valence-electron chi connectivity index (χ4n) is 2.25. The Labute approximate surface area is 164 Å². The van der Waals surface area contributed by atoms with Gasteiger partial charge in [-0.3, -0.25) is 25.8 Å². The Balaban J connectivity index is 1.82. The smallest absolute Gasteiger partial charge is 0.269 e. The van der Waals surface area contributed by atoms with Gasteiger partial charge < -0.3 is 4.74 Å². The first-order chi connectivity index (χ1) is 13.0. The standard InChI is InChI=1S/C20H23N3O3S/c1-3-4-13-26-16-11-9-15(10-12-16)18(24)21-20(27)23-22-19(25)17-8-6-5-7-14(17)2/h5-12H,3-4,13H2,1-2H3,(H,22,25)(H2,21,23,24,27). The maximum Gasteiger partial charge on any atom is 0.269 e. The first-order valence-electron chi connectivity index (χ1n) is 8.71. The van der Waals surface area contributed by atoms with Crippen molar-refractivity contribution in [3.8, 4) is 5.75 Å². The van der Waals surface area contributed by atoms with Crippen molar-refractivity contribution in [2.45, 2.75) is 26.7 Å². The Kier molecular flexibility index (Phi) is 7.76. The molecule has 0 radical (unpaired) electrons. The van der Waals surface area contributed by atoms with Crippen molar-refractivity contribution >= 4 is 29.1 Å². The van der Waals surface area contributed by atoms with Gasteiger partial charge in [0.25, 0.3) is 11.8 Å². The van der Waals surface area contributed by atoms with E-state index in [1.54, 1.807) is 36.4 Å². The van der Waals surface area contributed by atoms with Crippen molar-refractivity contribution in [3.05, 3.63) is 65.2 Å². The molecule has 7 heteroatoms. The molecule has 0 saturated heterocycles. The van der Waals surface area contributed by atoms with Crippen molar-refractivity contribution in [1.29, 1.82) is 0 Å². The second kappa shape index (κ2) is 10.3. The van der Waals surface area contributed by atoms with Crippen LogP contribution in [-0.4, -0.2) is 23.5 Å². The summed E-state index contributed by atoms with van der Waals surface area (Å²) < 4.78 is 5.56. The fourth-order valence-corrected chi connectivity index (χ4v) is 2.40. The summed E-state index contributed by atoms with van der Waals surface area (Å²) in [5.74, 6) is 0.00206. The minimum atomic E-state index is -0.377. The van der Waals surface area contributed by atoms with Crippen LogP contribution in [0.4, 0.5) is 0 Å². The highest BCUT2D eigenvalue weighted by molar-refractivity contribution is 7.80. The monoisotopic (exact) mass is 385 g/mol. The second-order valence-corrected chi connectivity index (χ2v) is 6.31. The van der Waals surface area contributed by atoms with Crippen LogP contribution in [0.1, 0.15) is 46.0 Å². The average Bonchev–Trinajstić information content (AvgIpc) is 2.67. The summed E-state index contributed by atoms with van der Waals surface area (Å²) in [7, 11) is 0. The predicted molar refractivity (Wildman–Crippen MR) is 109 cm³/mol. The van der Waals surface area contributed by atoms with Crippen LogP contribution in [-0.2, 0) is 0 Å². The molecule has 3 N–H and O–H groups in total. The number of aryl methyl sites for hydroxylation is 1. The van der Waals surface area contributed by atoms with Gasteiger partial charge in [0, 0.05) is 11.1 Å². The van der Waals surface area contributed by atoms with Crippen LogP contribution < -0.4 is 20.9 Å². The van der Waals surface area contributed by atoms with E-state index in [2.05, 4.69) is 23.1 Å². The van der Waals surface area contributed by atoms with E-state index in [9.17, 15) is 9.59 Å². The lowest BCUT2D eigenvalue weighted by molar-refractivity contribution is 0.0934. The molecular weight excluding hydrogens is 362 g/mol. The Morgan fingerprint density at radius 1 is 1.00 bits per heavy atom. The highest BCUT2D eigenvalue weighted by atomic mass is 32.1. The molecule has 0 heterocycles. The number of amides is 2. The average molecular weight is 385 g/mol. The third kappa shape index (κ3) is 6.38. The van der Waals surface area contributed by atoms with Crippen molar-refractivity contribution in [1.82, 2.24) is 16.2 Å². The van der Waals surface area contributed by atoms with Gasteiger partial charge in [-0.15, -0.1) is 0 Å². The molecule has 0 saturated carbocycles. The van der Waals surface area contributed by atoms with Gasteiger partial charge in [0.2, 0.25) is 0 Å². The molecule has 0 aromatic heterocycles. The highest BCUT2D eigenvalue weighted by Crippen LogP contribution is 2.12. The normalized spacial score (nSPS) is 10.0. The molecule has 0 aliphatic heterocycles. The van der Waals surface area contributed by atoms with Gasteiger partial charge in [0.15, 0.2) is 5.11 Å². The van der Waals surface area contributed by atoms with Gasteiger partial charge in [0.1, 0.15) is 5.75 Å². The zero-order chi connectivity index (χ0) is 19.6. The van der Waals surface area contributed by atoms with E-state index in [1.807, 2.05) is 19.1 Å². The molecule has 0 aliphatic rings. The van der Waals surface area contributed by atoms with E-state index < -0.39 is 0 Å². The van der Waals surface area contributed by atoms with E-state index >= 15 is 0 Å². The van der Waals surface area contributed by atoms with Gasteiger partial charge >= 0.3 is 0 Å². The maximum absolute atomic E-state index is 12.2. The molecule has 27 heavy (non-hydrogen) atoms. The molecule has 0 fully saturated rings. The summed E-state index contributed by atoms with van der Waals surface area (Å²) in [5, 5.41) is 2.52. The molecule has 0 aliphatic carbocycles. The topological polar surface area (TPSA) is 79.5 Å². The highest BCUT2D eigenvalue weighted by Gasteiger charge is 2.11. The van der Waals surface area contributed by atoms with Crippen LogP contribution in [0.15, 0.2) is 48.5 Å². The molecule has 0 bridgehead atoms. The molecule has 0 unspecified atom stereocenters. The summed E-state index contributed by atoms with van der Waals surface area (Å²) in [6.07, 6.45) is 2.04. The second-order valence-electron chi connectivity index (χ2n) is 5.90. The molecule has 2 rings (SSSR count). The number of unbranched alkanes of at least 4 members (excludes halogenated alkanes) is 1. The maximum atomic E-state index is 12.2. The number of rotatable bonds is 6. The predicted octanol–water partition coefficient (Wildman–Crippen LogP) is 3.12. The molecule has 6 nitrogen and oxygen atoms in total. The van der Waals surface area contributed by atoms with E-state index in [0.717, 1.165) is 18.4 Å². The lowest BCUT2D eigenvalue weighted by atomic mass is 10.1. The number of thiocarbonyl (C=S) groups is 1. The fraction of sp³-hybridized carbons (Fsp3) is 0.250. The quantitative estimate of drug-likeness (QED) is 0.404. The lowest BCUT2D eigenvalue weighted by Crippen LogP contribution is -2.48. The number of hydrogen-bond donors (Lipinski definition) is 3. The molecule has 2 aromatic carbocycles. The number of hydrogen-bond acceptors (Lipinski definition) is 4. The van der Waals surface area contributed by atoms with Crippen LogP contribution in [0.5, 0.6) is 5.75 Å². The van der Waals surface area contributed by atoms with E-state index in [0.29, 0.717) is 23.5 Å². The molecule has 2 aromatic rings. The number of nitrogens with one attached hydrogen (secondary N) is 3. The van der Waals surface area contributed by atoms with Crippen molar-refractivity contribution < 1.29 is 14.3 Å². The van der Waals surface area contributed by atoms with E-state index in [1.165, 1.54) is 0 Å². The Hall–Kier alpha value is -2.93. The summed E-state index contributed by atoms with van der Waals surface area (Å²) in [4.78, 5) is 24.3. The van der Waals surface area contributed by atoms with Crippen molar-refractivity contribution in [3.63, 3.8) is 0 Å². The van der Waals surface area contributed by atoms with Crippen LogP contribution in [0.2, 0.25) is 0 Å². The zero-order valence-corrected chi connectivity index (χ0v) is 16.2. The Morgan fingerprint density at radius 3 is 2.37 bits per heavy atom. The summed E-state index contributed by atoms with van der Waals surface area (Å²) in [5.41, 5.74) is 6.80. The molecule has 2 amide bonds. The van der Waals surface area contributed by atoms with E-state index in [4.69, 9.17) is 17.0 Å². The minimum absolute atomic E-state index is 0.00482. The van der Waals surface area contributed by atoms with Gasteiger partial charge in [-0.05, 0) is 61.5 Å². The molecular formula is C20H23N3O3S. The van der Waals surface area contributed by atoms with Gasteiger partial charge in [-0.1, -0.05) is 31.5 Å². The van der Waals surface area contributed by atoms with Gasteiger partial charge in [-0.25, -0.2) is 0 Å². The van der Waals surface area contributed by atoms with Crippen LogP contribution in [0.25, 0.3) is 0 Å². The van der Waals surface area contributed by atoms with Crippen LogP contribution in [0, 0.1) is 6.92 Å². The summed E-state index contributed by atoms with van der Waals surface area (Å²) >= 11 is 5.05. The minimum Gasteiger partial charge on any atom is -0.494 e. The number of benzene rings is 2. The molecule has 0 spiro atoms. The SMILES string of the molecule is CCCCOc1ccc(C(=O)NC(=S)NNC(=O)c2ccccc2C)cc1. The number of ether oxygens (including phenoxy) is 1. The van der Waals surface area contributed by atoms with Crippen molar-refractivity contribution in [2.24, 2.45) is 0 Å². The number of hydrazine groups is 1. The van der Waals surface area contributed by atoms with Crippen LogP contribution >= 0.6 is 12.2 Å². The zero-order valence-electron chi connectivity index (χ0n) is 15.4. The first-order valence-corrected chi connectivity index (χ1v) is 9.12. The largest absolute Gasteiger partial charge is 0.494 e. The summed E-state index contributed by atoms with van der Waals surface area (Å²) in [6.45, 7) is 4.58. The van der Waals surface area contributed by atoms with E-state index in [-0.39, 0.29) is 16.9 Å².